The van der Waals surface area contributed by atoms with Crippen molar-refractivity contribution in [3.63, 3.8) is 0 Å². The number of rotatable bonds is 3. The SMILES string of the molecule is Fc1ccc(-c2[nH]ncc2CC2CNC2)cc1. The Morgan fingerprint density at radius 3 is 2.65 bits per heavy atom. The van der Waals surface area contributed by atoms with Gasteiger partial charge in [0.2, 0.25) is 0 Å². The van der Waals surface area contributed by atoms with Crippen LogP contribution in [0.25, 0.3) is 11.3 Å². The summed E-state index contributed by atoms with van der Waals surface area (Å²) in [6, 6.07) is 6.52. The largest absolute Gasteiger partial charge is 0.316 e. The fourth-order valence-corrected chi connectivity index (χ4v) is 2.14. The van der Waals surface area contributed by atoms with E-state index in [2.05, 4.69) is 15.5 Å². The Morgan fingerprint density at radius 1 is 1.24 bits per heavy atom. The van der Waals surface area contributed by atoms with Crippen LogP contribution in [0.3, 0.4) is 0 Å². The first kappa shape index (κ1) is 10.5. The Hall–Kier alpha value is -1.68. The maximum absolute atomic E-state index is 12.9. The summed E-state index contributed by atoms with van der Waals surface area (Å²) in [6.45, 7) is 2.15. The Morgan fingerprint density at radius 2 is 2.00 bits per heavy atom. The van der Waals surface area contributed by atoms with E-state index < -0.39 is 0 Å². The minimum Gasteiger partial charge on any atom is -0.316 e. The van der Waals surface area contributed by atoms with Crippen LogP contribution in [-0.2, 0) is 6.42 Å². The van der Waals surface area contributed by atoms with Gasteiger partial charge in [-0.3, -0.25) is 5.10 Å². The molecule has 0 spiro atoms. The highest BCUT2D eigenvalue weighted by Gasteiger charge is 2.19. The van der Waals surface area contributed by atoms with Crippen molar-refractivity contribution in [2.24, 2.45) is 5.92 Å². The minimum atomic E-state index is -0.210. The predicted octanol–water partition coefficient (Wildman–Crippen LogP) is 1.98. The van der Waals surface area contributed by atoms with Crippen molar-refractivity contribution in [2.75, 3.05) is 13.1 Å². The van der Waals surface area contributed by atoms with E-state index in [1.165, 1.54) is 17.7 Å². The fraction of sp³-hybridized carbons (Fsp3) is 0.308. The van der Waals surface area contributed by atoms with Crippen LogP contribution in [0.2, 0.25) is 0 Å². The van der Waals surface area contributed by atoms with Crippen molar-refractivity contribution in [1.82, 2.24) is 15.5 Å². The summed E-state index contributed by atoms with van der Waals surface area (Å²) in [4.78, 5) is 0. The number of hydrogen-bond acceptors (Lipinski definition) is 2. The van der Waals surface area contributed by atoms with Gasteiger partial charge in [-0.05, 0) is 55.3 Å². The summed E-state index contributed by atoms with van der Waals surface area (Å²) in [5.41, 5.74) is 3.21. The van der Waals surface area contributed by atoms with Gasteiger partial charge in [-0.25, -0.2) is 4.39 Å². The molecule has 2 aromatic rings. The summed E-state index contributed by atoms with van der Waals surface area (Å²) in [6.07, 6.45) is 2.90. The second-order valence-electron chi connectivity index (χ2n) is 4.51. The van der Waals surface area contributed by atoms with Gasteiger partial charge in [-0.1, -0.05) is 0 Å². The molecule has 0 bridgehead atoms. The number of aromatic nitrogens is 2. The number of nitrogens with one attached hydrogen (secondary N) is 2. The molecule has 1 aliphatic rings. The molecule has 3 nitrogen and oxygen atoms in total. The average molecular weight is 231 g/mol. The number of hydrogen-bond donors (Lipinski definition) is 2. The van der Waals surface area contributed by atoms with Gasteiger partial charge in [0.1, 0.15) is 5.82 Å². The standard InChI is InChI=1S/C13H14FN3/c14-12-3-1-10(2-4-12)13-11(8-16-17-13)5-9-6-15-7-9/h1-4,8-9,15H,5-7H2,(H,16,17). The number of halogens is 1. The van der Waals surface area contributed by atoms with Crippen molar-refractivity contribution in [3.05, 3.63) is 41.8 Å². The van der Waals surface area contributed by atoms with Gasteiger partial charge in [-0.2, -0.15) is 5.10 Å². The molecule has 1 aromatic carbocycles. The van der Waals surface area contributed by atoms with Crippen molar-refractivity contribution in [3.8, 4) is 11.3 Å². The number of nitrogens with zero attached hydrogens (tertiary/aromatic N) is 1. The first-order chi connectivity index (χ1) is 8.33. The van der Waals surface area contributed by atoms with Gasteiger partial charge in [0.15, 0.2) is 0 Å². The van der Waals surface area contributed by atoms with E-state index in [1.54, 1.807) is 12.1 Å². The molecule has 17 heavy (non-hydrogen) atoms. The van der Waals surface area contributed by atoms with Gasteiger partial charge < -0.3 is 5.32 Å². The van der Waals surface area contributed by atoms with E-state index in [9.17, 15) is 4.39 Å². The molecule has 3 rings (SSSR count). The molecule has 1 fully saturated rings. The van der Waals surface area contributed by atoms with Crippen LogP contribution in [0.1, 0.15) is 5.56 Å². The normalized spacial score (nSPS) is 15.8. The Bertz CT molecular complexity index is 500. The second-order valence-corrected chi connectivity index (χ2v) is 4.51. The molecule has 0 saturated carbocycles. The maximum atomic E-state index is 12.9. The average Bonchev–Trinajstić information content (AvgIpc) is 2.73. The summed E-state index contributed by atoms with van der Waals surface area (Å²) in [5.74, 6) is 0.491. The monoisotopic (exact) mass is 231 g/mol. The van der Waals surface area contributed by atoms with Crippen molar-refractivity contribution >= 4 is 0 Å². The third-order valence-electron chi connectivity index (χ3n) is 3.23. The smallest absolute Gasteiger partial charge is 0.123 e. The van der Waals surface area contributed by atoms with E-state index in [1.807, 2.05) is 6.20 Å². The zero-order valence-corrected chi connectivity index (χ0v) is 9.41. The van der Waals surface area contributed by atoms with Crippen LogP contribution in [0.4, 0.5) is 4.39 Å². The van der Waals surface area contributed by atoms with Crippen LogP contribution in [-0.4, -0.2) is 23.3 Å². The quantitative estimate of drug-likeness (QED) is 0.848. The van der Waals surface area contributed by atoms with Crippen LogP contribution in [0, 0.1) is 11.7 Å². The maximum Gasteiger partial charge on any atom is 0.123 e. The van der Waals surface area contributed by atoms with E-state index in [4.69, 9.17) is 0 Å². The number of aromatic amines is 1. The molecule has 0 unspecified atom stereocenters. The highest BCUT2D eigenvalue weighted by molar-refractivity contribution is 5.62. The first-order valence-corrected chi connectivity index (χ1v) is 5.82. The van der Waals surface area contributed by atoms with E-state index in [0.717, 1.165) is 30.8 Å². The van der Waals surface area contributed by atoms with Crippen LogP contribution in [0.5, 0.6) is 0 Å². The van der Waals surface area contributed by atoms with Crippen LogP contribution < -0.4 is 5.32 Å². The topological polar surface area (TPSA) is 40.7 Å². The van der Waals surface area contributed by atoms with Crippen molar-refractivity contribution < 1.29 is 4.39 Å². The highest BCUT2D eigenvalue weighted by Crippen LogP contribution is 2.24. The molecule has 2 heterocycles. The lowest BCUT2D eigenvalue weighted by atomic mass is 9.93. The molecule has 1 aliphatic heterocycles. The molecule has 4 heteroatoms. The summed E-state index contributed by atoms with van der Waals surface area (Å²) in [5, 5.41) is 10.4. The Kier molecular flexibility index (Phi) is 2.65. The van der Waals surface area contributed by atoms with Gasteiger partial charge in [0.25, 0.3) is 0 Å². The van der Waals surface area contributed by atoms with Crippen molar-refractivity contribution in [2.45, 2.75) is 6.42 Å². The fourth-order valence-electron chi connectivity index (χ4n) is 2.14. The summed E-state index contributed by atoms with van der Waals surface area (Å²) >= 11 is 0. The van der Waals surface area contributed by atoms with Gasteiger partial charge in [-0.15, -0.1) is 0 Å². The number of benzene rings is 1. The third-order valence-corrected chi connectivity index (χ3v) is 3.23. The molecule has 0 aliphatic carbocycles. The minimum absolute atomic E-state index is 0.210. The van der Waals surface area contributed by atoms with Crippen LogP contribution >= 0.6 is 0 Å². The molecule has 1 aromatic heterocycles. The lowest BCUT2D eigenvalue weighted by molar-refractivity contribution is 0.347. The van der Waals surface area contributed by atoms with E-state index >= 15 is 0 Å². The van der Waals surface area contributed by atoms with Gasteiger partial charge >= 0.3 is 0 Å². The highest BCUT2D eigenvalue weighted by atomic mass is 19.1. The molecule has 88 valence electrons. The summed E-state index contributed by atoms with van der Waals surface area (Å²) in [7, 11) is 0. The molecule has 0 amide bonds. The van der Waals surface area contributed by atoms with Crippen molar-refractivity contribution in [1.29, 1.82) is 0 Å². The summed E-state index contributed by atoms with van der Waals surface area (Å²) < 4.78 is 12.9. The Balaban J connectivity index is 1.86. The second kappa shape index (κ2) is 4.30. The lowest BCUT2D eigenvalue weighted by Crippen LogP contribution is -2.43. The lowest BCUT2D eigenvalue weighted by Gasteiger charge is -2.26. The molecule has 1 saturated heterocycles. The molecular weight excluding hydrogens is 217 g/mol. The van der Waals surface area contributed by atoms with Gasteiger partial charge in [0, 0.05) is 5.56 Å². The van der Waals surface area contributed by atoms with E-state index in [-0.39, 0.29) is 5.82 Å². The zero-order chi connectivity index (χ0) is 11.7. The first-order valence-electron chi connectivity index (χ1n) is 5.82. The predicted molar refractivity (Wildman–Crippen MR) is 64.0 cm³/mol. The van der Waals surface area contributed by atoms with Crippen LogP contribution in [0.15, 0.2) is 30.5 Å². The Labute approximate surface area is 99.1 Å². The molecule has 2 N–H and O–H groups in total. The van der Waals surface area contributed by atoms with E-state index in [0.29, 0.717) is 5.92 Å². The molecule has 0 radical (unpaired) electrons. The molecule has 0 atom stereocenters. The van der Waals surface area contributed by atoms with Gasteiger partial charge in [0.05, 0.1) is 11.9 Å². The number of H-pyrrole nitrogens is 1. The third kappa shape index (κ3) is 2.08. The zero-order valence-electron chi connectivity index (χ0n) is 9.41. The molecular formula is C13H14FN3.